The Balaban J connectivity index is 2.00. The van der Waals surface area contributed by atoms with Crippen molar-refractivity contribution in [2.75, 3.05) is 13.1 Å². The van der Waals surface area contributed by atoms with Gasteiger partial charge in [0.1, 0.15) is 0 Å². The standard InChI is InChI=1S/C18H30N2/c1-3-17-11-7-8-12-20(17)18(14-19)13-15(2)16-9-5-4-6-10-16/h4-6,9-10,15,17-18H,3,7-8,11-14,19H2,1-2H3. The largest absolute Gasteiger partial charge is 0.329 e. The molecule has 2 nitrogen and oxygen atoms in total. The van der Waals surface area contributed by atoms with Crippen LogP contribution in [-0.4, -0.2) is 30.1 Å². The van der Waals surface area contributed by atoms with Gasteiger partial charge in [0.2, 0.25) is 0 Å². The van der Waals surface area contributed by atoms with Crippen LogP contribution in [0.25, 0.3) is 0 Å². The molecule has 0 amide bonds. The number of piperidine rings is 1. The maximum Gasteiger partial charge on any atom is 0.0227 e. The van der Waals surface area contributed by atoms with Gasteiger partial charge in [-0.05, 0) is 43.7 Å². The summed E-state index contributed by atoms with van der Waals surface area (Å²) in [5.74, 6) is 0.587. The summed E-state index contributed by atoms with van der Waals surface area (Å²) in [5.41, 5.74) is 7.55. The molecule has 2 N–H and O–H groups in total. The van der Waals surface area contributed by atoms with Gasteiger partial charge in [0.15, 0.2) is 0 Å². The zero-order chi connectivity index (χ0) is 14.4. The van der Waals surface area contributed by atoms with E-state index in [4.69, 9.17) is 5.73 Å². The van der Waals surface area contributed by atoms with Gasteiger partial charge in [-0.25, -0.2) is 0 Å². The van der Waals surface area contributed by atoms with Gasteiger partial charge < -0.3 is 5.73 Å². The molecule has 0 bridgehead atoms. The second-order valence-corrected chi connectivity index (χ2v) is 6.23. The van der Waals surface area contributed by atoms with Crippen molar-refractivity contribution in [2.45, 2.75) is 64.0 Å². The van der Waals surface area contributed by atoms with Gasteiger partial charge in [-0.15, -0.1) is 0 Å². The number of hydrogen-bond acceptors (Lipinski definition) is 2. The molecule has 0 saturated carbocycles. The third-order valence-electron chi connectivity index (χ3n) is 4.88. The van der Waals surface area contributed by atoms with Crippen molar-refractivity contribution >= 4 is 0 Å². The minimum absolute atomic E-state index is 0.537. The molecule has 20 heavy (non-hydrogen) atoms. The van der Waals surface area contributed by atoms with Crippen LogP contribution in [0.15, 0.2) is 30.3 Å². The van der Waals surface area contributed by atoms with Gasteiger partial charge >= 0.3 is 0 Å². The third kappa shape index (κ3) is 3.83. The quantitative estimate of drug-likeness (QED) is 0.855. The average Bonchev–Trinajstić information content (AvgIpc) is 2.53. The molecule has 0 aromatic heterocycles. The van der Waals surface area contributed by atoms with Gasteiger partial charge in [-0.1, -0.05) is 50.6 Å². The van der Waals surface area contributed by atoms with Gasteiger partial charge in [-0.3, -0.25) is 4.90 Å². The lowest BCUT2D eigenvalue weighted by Crippen LogP contribution is -2.49. The maximum atomic E-state index is 6.11. The van der Waals surface area contributed by atoms with Crippen molar-refractivity contribution in [1.29, 1.82) is 0 Å². The maximum absolute atomic E-state index is 6.11. The molecule has 3 atom stereocenters. The van der Waals surface area contributed by atoms with Crippen LogP contribution in [0.4, 0.5) is 0 Å². The SMILES string of the molecule is CCC1CCCCN1C(CN)CC(C)c1ccccc1. The van der Waals surface area contributed by atoms with Crippen LogP contribution in [0.2, 0.25) is 0 Å². The molecule has 1 aromatic carbocycles. The zero-order valence-corrected chi connectivity index (χ0v) is 13.1. The Hall–Kier alpha value is -0.860. The molecule has 0 aliphatic carbocycles. The van der Waals surface area contributed by atoms with E-state index in [0.29, 0.717) is 12.0 Å². The van der Waals surface area contributed by atoms with Crippen LogP contribution in [0.5, 0.6) is 0 Å². The highest BCUT2D eigenvalue weighted by atomic mass is 15.2. The lowest BCUT2D eigenvalue weighted by atomic mass is 9.90. The lowest BCUT2D eigenvalue weighted by Gasteiger charge is -2.41. The summed E-state index contributed by atoms with van der Waals surface area (Å²) in [6, 6.07) is 12.1. The number of nitrogens with two attached hydrogens (primary N) is 1. The van der Waals surface area contributed by atoms with Crippen LogP contribution in [0, 0.1) is 0 Å². The fraction of sp³-hybridized carbons (Fsp3) is 0.667. The summed E-state index contributed by atoms with van der Waals surface area (Å²) in [6.45, 7) is 6.68. The summed E-state index contributed by atoms with van der Waals surface area (Å²) >= 11 is 0. The highest BCUT2D eigenvalue weighted by Gasteiger charge is 2.28. The van der Waals surface area contributed by atoms with Crippen LogP contribution in [-0.2, 0) is 0 Å². The molecule has 1 aliphatic heterocycles. The summed E-state index contributed by atoms with van der Waals surface area (Å²) in [5, 5.41) is 0. The first-order valence-electron chi connectivity index (χ1n) is 8.27. The first-order valence-corrected chi connectivity index (χ1v) is 8.27. The predicted molar refractivity (Wildman–Crippen MR) is 87.0 cm³/mol. The third-order valence-corrected chi connectivity index (χ3v) is 4.88. The van der Waals surface area contributed by atoms with Crippen LogP contribution in [0.1, 0.15) is 57.4 Å². The van der Waals surface area contributed by atoms with Crippen molar-refractivity contribution in [3.63, 3.8) is 0 Å². The normalized spacial score (nSPS) is 23.4. The van der Waals surface area contributed by atoms with E-state index in [0.717, 1.165) is 12.6 Å². The van der Waals surface area contributed by atoms with Crippen molar-refractivity contribution < 1.29 is 0 Å². The number of benzene rings is 1. The second kappa shape index (κ2) is 7.80. The minimum atomic E-state index is 0.537. The van der Waals surface area contributed by atoms with E-state index in [9.17, 15) is 0 Å². The average molecular weight is 274 g/mol. The van der Waals surface area contributed by atoms with Crippen molar-refractivity contribution in [3.8, 4) is 0 Å². The Bertz CT molecular complexity index is 376. The molecule has 112 valence electrons. The predicted octanol–water partition coefficient (Wildman–Crippen LogP) is 3.77. The molecule has 3 unspecified atom stereocenters. The second-order valence-electron chi connectivity index (χ2n) is 6.23. The fourth-order valence-electron chi connectivity index (χ4n) is 3.63. The smallest absolute Gasteiger partial charge is 0.0227 e. The molecular formula is C18H30N2. The number of hydrogen-bond donors (Lipinski definition) is 1. The van der Waals surface area contributed by atoms with Crippen LogP contribution in [0.3, 0.4) is 0 Å². The van der Waals surface area contributed by atoms with Gasteiger partial charge in [0, 0.05) is 18.6 Å². The van der Waals surface area contributed by atoms with E-state index in [1.165, 1.54) is 44.2 Å². The highest BCUT2D eigenvalue weighted by Crippen LogP contribution is 2.27. The molecule has 1 heterocycles. The Kier molecular flexibility index (Phi) is 6.06. The first kappa shape index (κ1) is 15.5. The van der Waals surface area contributed by atoms with Gasteiger partial charge in [0.25, 0.3) is 0 Å². The molecule has 0 spiro atoms. The van der Waals surface area contributed by atoms with E-state index < -0.39 is 0 Å². The first-order chi connectivity index (χ1) is 9.76. The summed E-state index contributed by atoms with van der Waals surface area (Å²) in [6.07, 6.45) is 6.52. The molecular weight excluding hydrogens is 244 g/mol. The molecule has 0 radical (unpaired) electrons. The molecule has 2 rings (SSSR count). The van der Waals surface area contributed by atoms with E-state index in [1.54, 1.807) is 0 Å². The fourth-order valence-corrected chi connectivity index (χ4v) is 3.63. The van der Waals surface area contributed by atoms with Crippen LogP contribution < -0.4 is 5.73 Å². The number of rotatable bonds is 6. The monoisotopic (exact) mass is 274 g/mol. The minimum Gasteiger partial charge on any atom is -0.329 e. The molecule has 1 saturated heterocycles. The van der Waals surface area contributed by atoms with E-state index in [-0.39, 0.29) is 0 Å². The summed E-state index contributed by atoms with van der Waals surface area (Å²) < 4.78 is 0. The van der Waals surface area contributed by atoms with Crippen molar-refractivity contribution in [2.24, 2.45) is 5.73 Å². The Morgan fingerprint density at radius 1 is 1.25 bits per heavy atom. The topological polar surface area (TPSA) is 29.3 Å². The molecule has 1 aromatic rings. The Morgan fingerprint density at radius 3 is 2.65 bits per heavy atom. The molecule has 1 fully saturated rings. The van der Waals surface area contributed by atoms with Crippen molar-refractivity contribution in [1.82, 2.24) is 4.90 Å². The van der Waals surface area contributed by atoms with Crippen molar-refractivity contribution in [3.05, 3.63) is 35.9 Å². The van der Waals surface area contributed by atoms with Crippen LogP contribution >= 0.6 is 0 Å². The summed E-state index contributed by atoms with van der Waals surface area (Å²) in [4.78, 5) is 2.70. The van der Waals surface area contributed by atoms with E-state index >= 15 is 0 Å². The number of nitrogens with zero attached hydrogens (tertiary/aromatic N) is 1. The highest BCUT2D eigenvalue weighted by molar-refractivity contribution is 5.19. The molecule has 2 heteroatoms. The summed E-state index contributed by atoms with van der Waals surface area (Å²) in [7, 11) is 0. The van der Waals surface area contributed by atoms with E-state index in [2.05, 4.69) is 49.1 Å². The van der Waals surface area contributed by atoms with Gasteiger partial charge in [0.05, 0.1) is 0 Å². The molecule has 1 aliphatic rings. The zero-order valence-electron chi connectivity index (χ0n) is 13.1. The van der Waals surface area contributed by atoms with E-state index in [1.807, 2.05) is 0 Å². The Labute approximate surface area is 124 Å². The van der Waals surface area contributed by atoms with Gasteiger partial charge in [-0.2, -0.15) is 0 Å². The lowest BCUT2D eigenvalue weighted by molar-refractivity contribution is 0.0871. The Morgan fingerprint density at radius 2 is 2.00 bits per heavy atom. The number of likely N-dealkylation sites (tertiary alicyclic amines) is 1.